The average molecular weight is 227 g/mol. The zero-order valence-corrected chi connectivity index (χ0v) is 10.6. The third-order valence-corrected chi connectivity index (χ3v) is 3.30. The molecule has 0 radical (unpaired) electrons. The van der Waals surface area contributed by atoms with Crippen molar-refractivity contribution in [2.75, 3.05) is 33.2 Å². The first-order valence-electron chi connectivity index (χ1n) is 6.42. The van der Waals surface area contributed by atoms with Gasteiger partial charge in [-0.05, 0) is 32.4 Å². The lowest BCUT2D eigenvalue weighted by Gasteiger charge is -2.26. The number of nitrogens with one attached hydrogen (secondary N) is 2. The minimum atomic E-state index is 0.110. The van der Waals surface area contributed by atoms with Crippen LogP contribution in [0.25, 0.3) is 0 Å². The van der Waals surface area contributed by atoms with Gasteiger partial charge in [-0.2, -0.15) is 0 Å². The monoisotopic (exact) mass is 227 g/mol. The van der Waals surface area contributed by atoms with Crippen LogP contribution in [-0.4, -0.2) is 50.1 Å². The molecule has 1 saturated heterocycles. The van der Waals surface area contributed by atoms with Gasteiger partial charge < -0.3 is 10.6 Å². The Morgan fingerprint density at radius 3 is 2.88 bits per heavy atom. The quantitative estimate of drug-likeness (QED) is 0.698. The highest BCUT2D eigenvalue weighted by Crippen LogP contribution is 2.10. The maximum absolute atomic E-state index is 11.3. The molecule has 16 heavy (non-hydrogen) atoms. The third-order valence-electron chi connectivity index (χ3n) is 3.30. The molecule has 4 nitrogen and oxygen atoms in total. The van der Waals surface area contributed by atoms with Gasteiger partial charge in [-0.1, -0.05) is 13.3 Å². The van der Waals surface area contributed by atoms with Crippen LogP contribution in [0.15, 0.2) is 0 Å². The molecule has 1 aliphatic heterocycles. The lowest BCUT2D eigenvalue weighted by molar-refractivity contribution is -0.121. The Labute approximate surface area is 98.8 Å². The number of carbonyl (C=O) groups is 1. The molecule has 1 atom stereocenters. The van der Waals surface area contributed by atoms with Crippen molar-refractivity contribution in [1.82, 2.24) is 15.5 Å². The van der Waals surface area contributed by atoms with Crippen molar-refractivity contribution in [2.45, 2.75) is 38.6 Å². The second kappa shape index (κ2) is 7.63. The van der Waals surface area contributed by atoms with E-state index in [1.807, 2.05) is 0 Å². The van der Waals surface area contributed by atoms with Crippen molar-refractivity contribution >= 4 is 5.91 Å². The molecule has 2 N–H and O–H groups in total. The van der Waals surface area contributed by atoms with Crippen molar-refractivity contribution < 1.29 is 4.79 Å². The Morgan fingerprint density at radius 1 is 1.50 bits per heavy atom. The van der Waals surface area contributed by atoms with E-state index in [0.717, 1.165) is 26.1 Å². The fraction of sp³-hybridized carbons (Fsp3) is 0.917. The number of rotatable bonds is 6. The van der Waals surface area contributed by atoms with Crippen LogP contribution in [0.1, 0.15) is 32.6 Å². The second-order valence-corrected chi connectivity index (χ2v) is 4.48. The molecule has 0 spiro atoms. The average Bonchev–Trinajstić information content (AvgIpc) is 2.35. The molecule has 0 aromatic carbocycles. The van der Waals surface area contributed by atoms with E-state index in [-0.39, 0.29) is 5.91 Å². The summed E-state index contributed by atoms with van der Waals surface area (Å²) in [4.78, 5) is 13.5. The molecule has 1 heterocycles. The molecule has 1 rings (SSSR count). The molecule has 1 aliphatic rings. The van der Waals surface area contributed by atoms with Crippen LogP contribution in [0.2, 0.25) is 0 Å². The fourth-order valence-corrected chi connectivity index (χ4v) is 2.14. The van der Waals surface area contributed by atoms with Gasteiger partial charge in [-0.3, -0.25) is 9.69 Å². The first-order chi connectivity index (χ1) is 7.76. The van der Waals surface area contributed by atoms with Gasteiger partial charge in [0.05, 0.1) is 6.54 Å². The second-order valence-electron chi connectivity index (χ2n) is 4.48. The zero-order chi connectivity index (χ0) is 11.8. The molecule has 0 aromatic rings. The third kappa shape index (κ3) is 4.94. The Balaban J connectivity index is 2.19. The van der Waals surface area contributed by atoms with E-state index < -0.39 is 0 Å². The molecule has 0 bridgehead atoms. The van der Waals surface area contributed by atoms with Gasteiger partial charge in [0.2, 0.25) is 5.91 Å². The number of hydrogen-bond donors (Lipinski definition) is 2. The summed E-state index contributed by atoms with van der Waals surface area (Å²) in [5.74, 6) is 0.110. The number of amides is 1. The van der Waals surface area contributed by atoms with Crippen LogP contribution in [0.5, 0.6) is 0 Å². The van der Waals surface area contributed by atoms with Gasteiger partial charge in [0.1, 0.15) is 0 Å². The van der Waals surface area contributed by atoms with E-state index in [0.29, 0.717) is 12.6 Å². The molecule has 0 saturated carbocycles. The van der Waals surface area contributed by atoms with Crippen molar-refractivity contribution in [3.05, 3.63) is 0 Å². The smallest absolute Gasteiger partial charge is 0.233 e. The van der Waals surface area contributed by atoms with E-state index in [2.05, 4.69) is 22.5 Å². The Bertz CT molecular complexity index is 202. The fourth-order valence-electron chi connectivity index (χ4n) is 2.14. The summed E-state index contributed by atoms with van der Waals surface area (Å²) >= 11 is 0. The maximum atomic E-state index is 11.3. The van der Waals surface area contributed by atoms with Crippen LogP contribution < -0.4 is 10.6 Å². The molecule has 4 heteroatoms. The van der Waals surface area contributed by atoms with Crippen molar-refractivity contribution in [2.24, 2.45) is 0 Å². The summed E-state index contributed by atoms with van der Waals surface area (Å²) < 4.78 is 0. The largest absolute Gasteiger partial charge is 0.358 e. The lowest BCUT2D eigenvalue weighted by Crippen LogP contribution is -2.40. The SMILES string of the molecule is CCN(CCC1CCCCN1)CC(=O)NC. The van der Waals surface area contributed by atoms with Crippen molar-refractivity contribution in [3.8, 4) is 0 Å². The number of hydrogen-bond acceptors (Lipinski definition) is 3. The number of nitrogens with zero attached hydrogens (tertiary/aromatic N) is 1. The molecule has 1 unspecified atom stereocenters. The number of likely N-dealkylation sites (N-methyl/N-ethyl adjacent to an activating group) is 2. The first-order valence-corrected chi connectivity index (χ1v) is 6.42. The minimum Gasteiger partial charge on any atom is -0.358 e. The Morgan fingerprint density at radius 2 is 2.31 bits per heavy atom. The summed E-state index contributed by atoms with van der Waals surface area (Å²) in [6, 6.07) is 0.660. The van der Waals surface area contributed by atoms with E-state index in [4.69, 9.17) is 0 Å². The van der Waals surface area contributed by atoms with Gasteiger partial charge in [0.25, 0.3) is 0 Å². The van der Waals surface area contributed by atoms with Gasteiger partial charge in [-0.25, -0.2) is 0 Å². The highest BCUT2D eigenvalue weighted by molar-refractivity contribution is 5.77. The zero-order valence-electron chi connectivity index (χ0n) is 10.6. The summed E-state index contributed by atoms with van der Waals surface area (Å²) in [5.41, 5.74) is 0. The predicted octanol–water partition coefficient (Wildman–Crippen LogP) is 0.587. The highest BCUT2D eigenvalue weighted by atomic mass is 16.1. The van der Waals surface area contributed by atoms with E-state index in [1.165, 1.54) is 19.3 Å². The predicted molar refractivity (Wildman–Crippen MR) is 66.4 cm³/mol. The molecule has 0 aliphatic carbocycles. The Hall–Kier alpha value is -0.610. The molecule has 1 amide bonds. The molecule has 1 fully saturated rings. The standard InChI is InChI=1S/C12H25N3O/c1-3-15(10-12(16)13-2)9-7-11-6-4-5-8-14-11/h11,14H,3-10H2,1-2H3,(H,13,16). The summed E-state index contributed by atoms with van der Waals surface area (Å²) in [5, 5.41) is 6.21. The maximum Gasteiger partial charge on any atom is 0.233 e. The van der Waals surface area contributed by atoms with Crippen LogP contribution >= 0.6 is 0 Å². The van der Waals surface area contributed by atoms with Gasteiger partial charge in [0.15, 0.2) is 0 Å². The van der Waals surface area contributed by atoms with Gasteiger partial charge >= 0.3 is 0 Å². The highest BCUT2D eigenvalue weighted by Gasteiger charge is 2.14. The van der Waals surface area contributed by atoms with Crippen LogP contribution in [-0.2, 0) is 4.79 Å². The minimum absolute atomic E-state index is 0.110. The normalized spacial score (nSPS) is 21.1. The van der Waals surface area contributed by atoms with Crippen LogP contribution in [0.4, 0.5) is 0 Å². The van der Waals surface area contributed by atoms with E-state index >= 15 is 0 Å². The lowest BCUT2D eigenvalue weighted by atomic mass is 10.0. The van der Waals surface area contributed by atoms with Gasteiger partial charge in [0, 0.05) is 19.6 Å². The van der Waals surface area contributed by atoms with E-state index in [1.54, 1.807) is 7.05 Å². The van der Waals surface area contributed by atoms with E-state index in [9.17, 15) is 4.79 Å². The Kier molecular flexibility index (Phi) is 6.42. The van der Waals surface area contributed by atoms with Crippen molar-refractivity contribution in [1.29, 1.82) is 0 Å². The molecular formula is C12H25N3O. The van der Waals surface area contributed by atoms with Crippen LogP contribution in [0.3, 0.4) is 0 Å². The summed E-state index contributed by atoms with van der Waals surface area (Å²) in [7, 11) is 1.69. The van der Waals surface area contributed by atoms with Gasteiger partial charge in [-0.15, -0.1) is 0 Å². The molecular weight excluding hydrogens is 202 g/mol. The number of piperidine rings is 1. The topological polar surface area (TPSA) is 44.4 Å². The van der Waals surface area contributed by atoms with Crippen LogP contribution in [0, 0.1) is 0 Å². The molecule has 0 aromatic heterocycles. The first kappa shape index (κ1) is 13.5. The molecule has 94 valence electrons. The summed E-state index contributed by atoms with van der Waals surface area (Å²) in [6.45, 7) is 5.75. The summed E-state index contributed by atoms with van der Waals surface area (Å²) in [6.07, 6.45) is 5.10. The number of carbonyl (C=O) groups excluding carboxylic acids is 1. The van der Waals surface area contributed by atoms with Crippen molar-refractivity contribution in [3.63, 3.8) is 0 Å².